The molecule has 12 heavy (non-hydrogen) atoms. The van der Waals surface area contributed by atoms with Crippen LogP contribution in [0.2, 0.25) is 0 Å². The molecule has 2 heteroatoms. The zero-order valence-electron chi connectivity index (χ0n) is 7.08. The van der Waals surface area contributed by atoms with Gasteiger partial charge in [0, 0.05) is 12.3 Å². The van der Waals surface area contributed by atoms with Gasteiger partial charge in [-0.2, -0.15) is 0 Å². The van der Waals surface area contributed by atoms with Crippen molar-refractivity contribution in [1.29, 1.82) is 0 Å². The first-order valence-corrected chi connectivity index (χ1v) is 4.23. The largest absolute Gasteiger partial charge is 0.462 e. The summed E-state index contributed by atoms with van der Waals surface area (Å²) in [5.74, 6) is 0. The molecular weight excluding hydrogens is 150 g/mol. The molecule has 2 aromatic rings. The topological polar surface area (TPSA) is 26.0 Å². The zero-order chi connectivity index (χ0) is 8.39. The molecule has 2 heterocycles. The van der Waals surface area contributed by atoms with Gasteiger partial charge in [0.05, 0.1) is 6.26 Å². The molecule has 0 bridgehead atoms. The molecule has 0 unspecified atom stereocenters. The highest BCUT2D eigenvalue weighted by atomic mass is 16.3. The van der Waals surface area contributed by atoms with Crippen molar-refractivity contribution in [2.24, 2.45) is 0 Å². The number of aromatic nitrogens is 1. The van der Waals surface area contributed by atoms with Crippen molar-refractivity contribution in [2.45, 2.75) is 19.8 Å². The monoisotopic (exact) mass is 161 g/mol. The van der Waals surface area contributed by atoms with E-state index in [1.54, 1.807) is 6.26 Å². The van der Waals surface area contributed by atoms with Crippen LogP contribution in [-0.4, -0.2) is 4.98 Å². The third-order valence-corrected chi connectivity index (χ3v) is 1.94. The van der Waals surface area contributed by atoms with E-state index >= 15 is 0 Å². The van der Waals surface area contributed by atoms with Crippen LogP contribution in [-0.2, 0) is 6.42 Å². The zero-order valence-corrected chi connectivity index (χ0v) is 7.08. The van der Waals surface area contributed by atoms with Crippen molar-refractivity contribution in [3.8, 4) is 0 Å². The molecule has 0 aliphatic rings. The SMILES string of the molecule is CCCc1ccnc2ccoc12. The second-order valence-electron chi connectivity index (χ2n) is 2.86. The maximum Gasteiger partial charge on any atom is 0.155 e. The number of nitrogens with zero attached hydrogens (tertiary/aromatic N) is 1. The van der Waals surface area contributed by atoms with Crippen molar-refractivity contribution in [1.82, 2.24) is 4.98 Å². The van der Waals surface area contributed by atoms with Crippen LogP contribution in [0.1, 0.15) is 18.9 Å². The number of fused-ring (bicyclic) bond motifs is 1. The standard InChI is InChI=1S/C10H11NO/c1-2-3-8-4-6-11-9-5-7-12-10(8)9/h4-7H,2-3H2,1H3. The van der Waals surface area contributed by atoms with E-state index in [2.05, 4.69) is 11.9 Å². The number of hydrogen-bond acceptors (Lipinski definition) is 2. The van der Waals surface area contributed by atoms with E-state index < -0.39 is 0 Å². The summed E-state index contributed by atoms with van der Waals surface area (Å²) >= 11 is 0. The van der Waals surface area contributed by atoms with Gasteiger partial charge in [0.2, 0.25) is 0 Å². The van der Waals surface area contributed by atoms with Crippen LogP contribution in [0.15, 0.2) is 29.0 Å². The molecule has 0 aromatic carbocycles. The summed E-state index contributed by atoms with van der Waals surface area (Å²) in [5.41, 5.74) is 3.16. The molecule has 0 aliphatic heterocycles. The summed E-state index contributed by atoms with van der Waals surface area (Å²) in [6, 6.07) is 3.92. The Bertz CT molecular complexity index is 378. The predicted molar refractivity (Wildman–Crippen MR) is 48.0 cm³/mol. The van der Waals surface area contributed by atoms with Crippen LogP contribution in [0.5, 0.6) is 0 Å². The minimum atomic E-state index is 0.944. The first-order valence-electron chi connectivity index (χ1n) is 4.23. The number of pyridine rings is 1. The van der Waals surface area contributed by atoms with Gasteiger partial charge in [0.15, 0.2) is 5.58 Å². The van der Waals surface area contributed by atoms with Crippen molar-refractivity contribution in [2.75, 3.05) is 0 Å². The van der Waals surface area contributed by atoms with E-state index in [4.69, 9.17) is 4.42 Å². The Balaban J connectivity index is 2.57. The second kappa shape index (κ2) is 2.97. The number of furan rings is 1. The fourth-order valence-corrected chi connectivity index (χ4v) is 1.39. The molecule has 2 rings (SSSR count). The molecule has 0 spiro atoms. The molecule has 0 aliphatic carbocycles. The molecule has 0 fully saturated rings. The van der Waals surface area contributed by atoms with E-state index in [1.807, 2.05) is 18.3 Å². The molecule has 0 N–H and O–H groups in total. The molecule has 0 amide bonds. The first kappa shape index (κ1) is 7.35. The van der Waals surface area contributed by atoms with E-state index in [9.17, 15) is 0 Å². The average molecular weight is 161 g/mol. The van der Waals surface area contributed by atoms with Crippen LogP contribution < -0.4 is 0 Å². The van der Waals surface area contributed by atoms with Crippen LogP contribution in [0.4, 0.5) is 0 Å². The average Bonchev–Trinajstić information content (AvgIpc) is 2.53. The predicted octanol–water partition coefficient (Wildman–Crippen LogP) is 2.78. The Labute approximate surface area is 71.2 Å². The minimum Gasteiger partial charge on any atom is -0.462 e. The lowest BCUT2D eigenvalue weighted by atomic mass is 10.1. The smallest absolute Gasteiger partial charge is 0.155 e. The van der Waals surface area contributed by atoms with Gasteiger partial charge in [-0.05, 0) is 18.1 Å². The van der Waals surface area contributed by atoms with Crippen LogP contribution in [0, 0.1) is 0 Å². The third kappa shape index (κ3) is 1.09. The summed E-state index contributed by atoms with van der Waals surface area (Å²) in [7, 11) is 0. The highest BCUT2D eigenvalue weighted by Gasteiger charge is 2.02. The van der Waals surface area contributed by atoms with E-state index in [0.717, 1.165) is 23.9 Å². The third-order valence-electron chi connectivity index (χ3n) is 1.94. The highest BCUT2D eigenvalue weighted by Crippen LogP contribution is 2.18. The second-order valence-corrected chi connectivity index (χ2v) is 2.86. The van der Waals surface area contributed by atoms with E-state index in [1.165, 1.54) is 5.56 Å². The number of rotatable bonds is 2. The summed E-state index contributed by atoms with van der Waals surface area (Å²) in [6.07, 6.45) is 5.73. The Kier molecular flexibility index (Phi) is 1.82. The number of hydrogen-bond donors (Lipinski definition) is 0. The van der Waals surface area contributed by atoms with Gasteiger partial charge in [-0.15, -0.1) is 0 Å². The van der Waals surface area contributed by atoms with Crippen LogP contribution in [0.25, 0.3) is 11.1 Å². The lowest BCUT2D eigenvalue weighted by Crippen LogP contribution is -1.84. The fraction of sp³-hybridized carbons (Fsp3) is 0.300. The maximum absolute atomic E-state index is 5.34. The Hall–Kier alpha value is -1.31. The molecular formula is C10H11NO. The first-order chi connectivity index (χ1) is 5.92. The van der Waals surface area contributed by atoms with Crippen LogP contribution >= 0.6 is 0 Å². The maximum atomic E-state index is 5.34. The molecule has 0 atom stereocenters. The van der Waals surface area contributed by atoms with Gasteiger partial charge in [0.1, 0.15) is 5.52 Å². The van der Waals surface area contributed by atoms with Gasteiger partial charge in [-0.3, -0.25) is 4.98 Å². The molecule has 0 saturated carbocycles. The van der Waals surface area contributed by atoms with Crippen molar-refractivity contribution in [3.05, 3.63) is 30.2 Å². The minimum absolute atomic E-state index is 0.944. The molecule has 0 saturated heterocycles. The summed E-state index contributed by atoms with van der Waals surface area (Å²) < 4.78 is 5.34. The summed E-state index contributed by atoms with van der Waals surface area (Å²) in [5, 5.41) is 0. The highest BCUT2D eigenvalue weighted by molar-refractivity contribution is 5.75. The Morgan fingerprint density at radius 2 is 2.33 bits per heavy atom. The summed E-state index contributed by atoms with van der Waals surface area (Å²) in [4.78, 5) is 4.19. The van der Waals surface area contributed by atoms with Crippen molar-refractivity contribution < 1.29 is 4.42 Å². The van der Waals surface area contributed by atoms with Gasteiger partial charge >= 0.3 is 0 Å². The van der Waals surface area contributed by atoms with Gasteiger partial charge < -0.3 is 4.42 Å². The lowest BCUT2D eigenvalue weighted by Gasteiger charge is -1.97. The van der Waals surface area contributed by atoms with E-state index in [-0.39, 0.29) is 0 Å². The summed E-state index contributed by atoms with van der Waals surface area (Å²) in [6.45, 7) is 2.16. The molecule has 2 aromatic heterocycles. The van der Waals surface area contributed by atoms with Crippen LogP contribution in [0.3, 0.4) is 0 Å². The van der Waals surface area contributed by atoms with E-state index in [0.29, 0.717) is 0 Å². The normalized spacial score (nSPS) is 10.8. The Morgan fingerprint density at radius 1 is 1.42 bits per heavy atom. The Morgan fingerprint density at radius 3 is 3.17 bits per heavy atom. The van der Waals surface area contributed by atoms with Crippen molar-refractivity contribution >= 4 is 11.1 Å². The van der Waals surface area contributed by atoms with Gasteiger partial charge in [-0.25, -0.2) is 0 Å². The van der Waals surface area contributed by atoms with Gasteiger partial charge in [0.25, 0.3) is 0 Å². The fourth-order valence-electron chi connectivity index (χ4n) is 1.39. The van der Waals surface area contributed by atoms with Crippen molar-refractivity contribution in [3.63, 3.8) is 0 Å². The lowest BCUT2D eigenvalue weighted by molar-refractivity contribution is 0.609. The molecule has 0 radical (unpaired) electrons. The quantitative estimate of drug-likeness (QED) is 0.676. The van der Waals surface area contributed by atoms with Gasteiger partial charge in [-0.1, -0.05) is 13.3 Å². The molecule has 62 valence electrons. The number of aryl methyl sites for hydroxylation is 1. The molecule has 2 nitrogen and oxygen atoms in total.